The van der Waals surface area contributed by atoms with E-state index in [2.05, 4.69) is 0 Å². The van der Waals surface area contributed by atoms with Gasteiger partial charge >= 0.3 is 0 Å². The minimum Gasteiger partial charge on any atom is -0.496 e. The summed E-state index contributed by atoms with van der Waals surface area (Å²) in [6.07, 6.45) is 0. The van der Waals surface area contributed by atoms with Crippen molar-refractivity contribution in [1.29, 1.82) is 0 Å². The summed E-state index contributed by atoms with van der Waals surface area (Å²) in [5.74, 6) is 1.56. The van der Waals surface area contributed by atoms with Crippen LogP contribution in [-0.4, -0.2) is 7.11 Å². The Labute approximate surface area is 99.0 Å². The largest absolute Gasteiger partial charge is 0.496 e. The van der Waals surface area contributed by atoms with E-state index >= 15 is 0 Å². The van der Waals surface area contributed by atoms with Crippen molar-refractivity contribution in [2.45, 2.75) is 13.0 Å². The van der Waals surface area contributed by atoms with Crippen LogP contribution in [0.25, 0.3) is 0 Å². The number of ether oxygens (including phenoxy) is 1. The van der Waals surface area contributed by atoms with Crippen LogP contribution in [0.4, 0.5) is 4.39 Å². The van der Waals surface area contributed by atoms with Gasteiger partial charge in [-0.15, -0.1) is 0 Å². The SMILES string of the molecule is COc1ccc(F)cc1C(N)c1ccc(C)o1. The molecule has 2 rings (SSSR count). The quantitative estimate of drug-likeness (QED) is 0.889. The summed E-state index contributed by atoms with van der Waals surface area (Å²) >= 11 is 0. The Morgan fingerprint density at radius 2 is 2.06 bits per heavy atom. The van der Waals surface area contributed by atoms with Gasteiger partial charge in [0, 0.05) is 5.56 Å². The topological polar surface area (TPSA) is 48.4 Å². The van der Waals surface area contributed by atoms with Crippen molar-refractivity contribution in [1.82, 2.24) is 0 Å². The molecule has 4 heteroatoms. The monoisotopic (exact) mass is 235 g/mol. The van der Waals surface area contributed by atoms with Gasteiger partial charge in [-0.2, -0.15) is 0 Å². The normalized spacial score (nSPS) is 12.5. The fourth-order valence-corrected chi connectivity index (χ4v) is 1.72. The van der Waals surface area contributed by atoms with E-state index in [9.17, 15) is 4.39 Å². The lowest BCUT2D eigenvalue weighted by Crippen LogP contribution is -2.12. The molecule has 0 saturated carbocycles. The average molecular weight is 235 g/mol. The number of benzene rings is 1. The zero-order valence-electron chi connectivity index (χ0n) is 9.74. The maximum atomic E-state index is 13.2. The van der Waals surface area contributed by atoms with Gasteiger partial charge in [0.1, 0.15) is 23.1 Å². The first-order chi connectivity index (χ1) is 8.11. The lowest BCUT2D eigenvalue weighted by atomic mass is 10.0. The average Bonchev–Trinajstić information content (AvgIpc) is 2.75. The van der Waals surface area contributed by atoms with Crippen molar-refractivity contribution in [2.75, 3.05) is 7.11 Å². The van der Waals surface area contributed by atoms with Crippen LogP contribution in [0.15, 0.2) is 34.7 Å². The highest BCUT2D eigenvalue weighted by atomic mass is 19.1. The molecule has 0 radical (unpaired) electrons. The third kappa shape index (κ3) is 2.31. The highest BCUT2D eigenvalue weighted by molar-refractivity contribution is 5.39. The second kappa shape index (κ2) is 4.59. The van der Waals surface area contributed by atoms with E-state index in [0.717, 1.165) is 5.76 Å². The van der Waals surface area contributed by atoms with Crippen LogP contribution in [0.5, 0.6) is 5.75 Å². The summed E-state index contributed by atoms with van der Waals surface area (Å²) in [4.78, 5) is 0. The molecular formula is C13H14FNO2. The molecule has 3 nitrogen and oxygen atoms in total. The number of nitrogens with two attached hydrogens (primary N) is 1. The third-order valence-electron chi connectivity index (χ3n) is 2.59. The lowest BCUT2D eigenvalue weighted by molar-refractivity contribution is 0.400. The van der Waals surface area contributed by atoms with Crippen LogP contribution in [0.3, 0.4) is 0 Å². The summed E-state index contributed by atoms with van der Waals surface area (Å²) in [6, 6.07) is 7.32. The van der Waals surface area contributed by atoms with Crippen LogP contribution >= 0.6 is 0 Å². The molecule has 90 valence electrons. The Balaban J connectivity index is 2.42. The summed E-state index contributed by atoms with van der Waals surface area (Å²) < 4.78 is 23.8. The Kier molecular flexibility index (Phi) is 3.15. The summed E-state index contributed by atoms with van der Waals surface area (Å²) in [7, 11) is 1.52. The second-order valence-electron chi connectivity index (χ2n) is 3.81. The molecule has 1 aromatic heterocycles. The molecule has 17 heavy (non-hydrogen) atoms. The smallest absolute Gasteiger partial charge is 0.125 e. The third-order valence-corrected chi connectivity index (χ3v) is 2.59. The van der Waals surface area contributed by atoms with Crippen LogP contribution < -0.4 is 10.5 Å². The molecule has 0 aliphatic heterocycles. The predicted molar refractivity (Wildman–Crippen MR) is 62.4 cm³/mol. The van der Waals surface area contributed by atoms with Crippen molar-refractivity contribution in [3.63, 3.8) is 0 Å². The Morgan fingerprint density at radius 1 is 1.29 bits per heavy atom. The molecule has 0 aliphatic carbocycles. The minimum atomic E-state index is -0.533. The molecule has 1 atom stereocenters. The van der Waals surface area contributed by atoms with Crippen molar-refractivity contribution in [2.24, 2.45) is 5.73 Å². The molecular weight excluding hydrogens is 221 g/mol. The first-order valence-corrected chi connectivity index (χ1v) is 5.27. The van der Waals surface area contributed by atoms with Gasteiger partial charge in [0.25, 0.3) is 0 Å². The summed E-state index contributed by atoms with van der Waals surface area (Å²) in [5.41, 5.74) is 6.61. The number of aryl methyl sites for hydroxylation is 1. The fraction of sp³-hybridized carbons (Fsp3) is 0.231. The molecule has 2 N–H and O–H groups in total. The van der Waals surface area contributed by atoms with Crippen molar-refractivity contribution < 1.29 is 13.5 Å². The zero-order valence-corrected chi connectivity index (χ0v) is 9.74. The number of halogens is 1. The van der Waals surface area contributed by atoms with Crippen LogP contribution in [0.1, 0.15) is 23.1 Å². The Bertz CT molecular complexity index is 522. The van der Waals surface area contributed by atoms with Gasteiger partial charge in [0.2, 0.25) is 0 Å². The molecule has 0 saturated heterocycles. The van der Waals surface area contributed by atoms with E-state index in [4.69, 9.17) is 14.9 Å². The van der Waals surface area contributed by atoms with Gasteiger partial charge in [0.15, 0.2) is 0 Å². The summed E-state index contributed by atoms with van der Waals surface area (Å²) in [6.45, 7) is 1.83. The number of rotatable bonds is 3. The van der Waals surface area contributed by atoms with Crippen LogP contribution in [-0.2, 0) is 0 Å². The van der Waals surface area contributed by atoms with Gasteiger partial charge in [-0.25, -0.2) is 4.39 Å². The molecule has 0 aliphatic rings. The molecule has 0 fully saturated rings. The molecule has 0 amide bonds. The molecule has 0 spiro atoms. The first-order valence-electron chi connectivity index (χ1n) is 5.27. The van der Waals surface area contributed by atoms with Gasteiger partial charge in [-0.05, 0) is 37.3 Å². The first kappa shape index (κ1) is 11.7. The van der Waals surface area contributed by atoms with Crippen molar-refractivity contribution >= 4 is 0 Å². The van der Waals surface area contributed by atoms with Gasteiger partial charge in [-0.3, -0.25) is 0 Å². The lowest BCUT2D eigenvalue weighted by Gasteiger charge is -2.13. The number of methoxy groups -OCH3 is 1. The molecule has 1 unspecified atom stereocenters. The fourth-order valence-electron chi connectivity index (χ4n) is 1.72. The van der Waals surface area contributed by atoms with Gasteiger partial charge in [-0.1, -0.05) is 0 Å². The number of hydrogen-bond acceptors (Lipinski definition) is 3. The highest BCUT2D eigenvalue weighted by Crippen LogP contribution is 2.29. The van der Waals surface area contributed by atoms with E-state index in [-0.39, 0.29) is 5.82 Å². The molecule has 2 aromatic rings. The molecule has 1 heterocycles. The maximum Gasteiger partial charge on any atom is 0.125 e. The second-order valence-corrected chi connectivity index (χ2v) is 3.81. The van der Waals surface area contributed by atoms with Crippen LogP contribution in [0, 0.1) is 12.7 Å². The molecule has 0 bridgehead atoms. The minimum absolute atomic E-state index is 0.348. The zero-order chi connectivity index (χ0) is 12.4. The van der Waals surface area contributed by atoms with E-state index in [1.807, 2.05) is 13.0 Å². The summed E-state index contributed by atoms with van der Waals surface area (Å²) in [5, 5.41) is 0. The van der Waals surface area contributed by atoms with E-state index < -0.39 is 6.04 Å². The van der Waals surface area contributed by atoms with E-state index in [1.54, 1.807) is 12.1 Å². The van der Waals surface area contributed by atoms with Gasteiger partial charge in [0.05, 0.1) is 13.2 Å². The maximum absolute atomic E-state index is 13.2. The Hall–Kier alpha value is -1.81. The van der Waals surface area contributed by atoms with Gasteiger partial charge < -0.3 is 14.9 Å². The van der Waals surface area contributed by atoms with Crippen LogP contribution in [0.2, 0.25) is 0 Å². The highest BCUT2D eigenvalue weighted by Gasteiger charge is 2.17. The van der Waals surface area contributed by atoms with Crippen molar-refractivity contribution in [3.05, 3.63) is 53.2 Å². The van der Waals surface area contributed by atoms with Crippen molar-refractivity contribution in [3.8, 4) is 5.75 Å². The number of furan rings is 1. The predicted octanol–water partition coefficient (Wildman–Crippen LogP) is 2.78. The Morgan fingerprint density at radius 3 is 2.65 bits per heavy atom. The van der Waals surface area contributed by atoms with E-state index in [0.29, 0.717) is 17.1 Å². The standard InChI is InChI=1S/C13H14FNO2/c1-8-3-5-12(17-8)13(15)10-7-9(14)4-6-11(10)16-2/h3-7,13H,15H2,1-2H3. The van der Waals surface area contributed by atoms with E-state index in [1.165, 1.54) is 19.2 Å². The number of hydrogen-bond donors (Lipinski definition) is 1. The molecule has 1 aromatic carbocycles.